The molecule has 0 amide bonds. The molecule has 0 N–H and O–H groups in total. The van der Waals surface area contributed by atoms with E-state index in [-0.39, 0.29) is 0 Å². The SMILES string of the molecule is Cn1cc(Oc2nc(CCl)cs2)cn1. The highest BCUT2D eigenvalue weighted by Crippen LogP contribution is 2.24. The molecule has 0 aliphatic rings. The molecule has 0 saturated carbocycles. The second kappa shape index (κ2) is 3.98. The van der Waals surface area contributed by atoms with Gasteiger partial charge in [-0.3, -0.25) is 4.68 Å². The number of alkyl halides is 1. The lowest BCUT2D eigenvalue weighted by molar-refractivity contribution is 0.477. The fourth-order valence-electron chi connectivity index (χ4n) is 0.949. The smallest absolute Gasteiger partial charge is 0.279 e. The molecule has 0 bridgehead atoms. The summed E-state index contributed by atoms with van der Waals surface area (Å²) in [6.07, 6.45) is 3.42. The van der Waals surface area contributed by atoms with E-state index in [4.69, 9.17) is 16.3 Å². The normalized spacial score (nSPS) is 10.4. The lowest BCUT2D eigenvalue weighted by atomic mass is 10.6. The Hall–Kier alpha value is -1.07. The van der Waals surface area contributed by atoms with E-state index in [1.807, 2.05) is 12.4 Å². The van der Waals surface area contributed by atoms with E-state index in [1.165, 1.54) is 11.3 Å². The van der Waals surface area contributed by atoms with E-state index in [2.05, 4.69) is 10.1 Å². The molecule has 2 heterocycles. The fraction of sp³-hybridized carbons (Fsp3) is 0.250. The molecular formula is C8H8ClN3OS. The summed E-state index contributed by atoms with van der Waals surface area (Å²) in [5.74, 6) is 1.09. The van der Waals surface area contributed by atoms with Gasteiger partial charge in [0.15, 0.2) is 5.75 Å². The number of halogens is 1. The van der Waals surface area contributed by atoms with E-state index >= 15 is 0 Å². The Kier molecular flexibility index (Phi) is 2.69. The first-order valence-corrected chi connectivity index (χ1v) is 5.36. The topological polar surface area (TPSA) is 39.9 Å². The fourth-order valence-corrected chi connectivity index (χ4v) is 1.86. The Morgan fingerprint density at radius 1 is 1.64 bits per heavy atom. The third-order valence-corrected chi connectivity index (χ3v) is 2.59. The Balaban J connectivity index is 2.10. The minimum atomic E-state index is 0.410. The zero-order chi connectivity index (χ0) is 9.97. The molecule has 0 fully saturated rings. The van der Waals surface area contributed by atoms with E-state index in [9.17, 15) is 0 Å². The summed E-state index contributed by atoms with van der Waals surface area (Å²) >= 11 is 7.04. The van der Waals surface area contributed by atoms with Crippen LogP contribution in [0, 0.1) is 0 Å². The average Bonchev–Trinajstić information content (AvgIpc) is 2.76. The summed E-state index contributed by atoms with van der Waals surface area (Å²) in [6.45, 7) is 0. The van der Waals surface area contributed by atoms with Crippen LogP contribution in [0.5, 0.6) is 10.9 Å². The van der Waals surface area contributed by atoms with Crippen molar-refractivity contribution in [2.45, 2.75) is 5.88 Å². The monoisotopic (exact) mass is 229 g/mol. The third kappa shape index (κ3) is 2.05. The van der Waals surface area contributed by atoms with Gasteiger partial charge in [0.25, 0.3) is 5.19 Å². The summed E-state index contributed by atoms with van der Waals surface area (Å²) in [6, 6.07) is 0. The molecule has 0 saturated heterocycles. The van der Waals surface area contributed by atoms with Gasteiger partial charge < -0.3 is 4.74 Å². The summed E-state index contributed by atoms with van der Waals surface area (Å²) in [5, 5.41) is 6.45. The molecule has 6 heteroatoms. The lowest BCUT2D eigenvalue weighted by Gasteiger charge is -1.94. The van der Waals surface area contributed by atoms with Gasteiger partial charge in [-0.2, -0.15) is 5.10 Å². The Bertz CT molecular complexity index is 426. The van der Waals surface area contributed by atoms with Gasteiger partial charge >= 0.3 is 0 Å². The molecule has 2 aromatic heterocycles. The summed E-state index contributed by atoms with van der Waals surface area (Å²) < 4.78 is 7.12. The first kappa shape index (κ1) is 9.48. The minimum absolute atomic E-state index is 0.410. The van der Waals surface area contributed by atoms with Crippen molar-refractivity contribution in [3.63, 3.8) is 0 Å². The number of thiazole rings is 1. The van der Waals surface area contributed by atoms with Crippen molar-refractivity contribution < 1.29 is 4.74 Å². The van der Waals surface area contributed by atoms with Gasteiger partial charge in [0, 0.05) is 12.4 Å². The van der Waals surface area contributed by atoms with E-state index in [0.717, 1.165) is 5.69 Å². The second-order valence-corrected chi connectivity index (χ2v) is 3.78. The van der Waals surface area contributed by atoms with Gasteiger partial charge in [0.2, 0.25) is 0 Å². The van der Waals surface area contributed by atoms with Gasteiger partial charge in [-0.1, -0.05) is 11.3 Å². The standard InChI is InChI=1S/C8H8ClN3OS/c1-12-4-7(3-10-12)13-8-11-6(2-9)5-14-8/h3-5H,2H2,1H3. The first-order chi connectivity index (χ1) is 6.78. The van der Waals surface area contributed by atoms with Gasteiger partial charge in [-0.05, 0) is 0 Å². The Labute approximate surface area is 90.1 Å². The van der Waals surface area contributed by atoms with Gasteiger partial charge in [0.1, 0.15) is 0 Å². The number of aromatic nitrogens is 3. The van der Waals surface area contributed by atoms with E-state index < -0.39 is 0 Å². The van der Waals surface area contributed by atoms with Crippen LogP contribution in [0.1, 0.15) is 5.69 Å². The van der Waals surface area contributed by atoms with Crippen molar-refractivity contribution in [3.05, 3.63) is 23.5 Å². The molecule has 2 aromatic rings. The van der Waals surface area contributed by atoms with Crippen LogP contribution < -0.4 is 4.74 Å². The van der Waals surface area contributed by atoms with Crippen LogP contribution in [-0.4, -0.2) is 14.8 Å². The maximum absolute atomic E-state index is 5.62. The maximum Gasteiger partial charge on any atom is 0.279 e. The predicted octanol–water partition coefficient (Wildman–Crippen LogP) is 2.41. The molecule has 4 nitrogen and oxygen atoms in total. The molecule has 0 radical (unpaired) electrons. The highest BCUT2D eigenvalue weighted by atomic mass is 35.5. The highest BCUT2D eigenvalue weighted by molar-refractivity contribution is 7.11. The van der Waals surface area contributed by atoms with Gasteiger partial charge in [-0.15, -0.1) is 11.6 Å². The van der Waals surface area contributed by atoms with E-state index in [1.54, 1.807) is 17.1 Å². The second-order valence-electron chi connectivity index (χ2n) is 2.69. The summed E-state index contributed by atoms with van der Waals surface area (Å²) in [4.78, 5) is 4.16. The zero-order valence-corrected chi connectivity index (χ0v) is 9.05. The molecule has 0 aliphatic heterocycles. The molecule has 0 aromatic carbocycles. The lowest BCUT2D eigenvalue weighted by Crippen LogP contribution is -1.85. The van der Waals surface area contributed by atoms with Crippen molar-refractivity contribution in [2.75, 3.05) is 0 Å². The zero-order valence-electron chi connectivity index (χ0n) is 7.48. The summed E-state index contributed by atoms with van der Waals surface area (Å²) in [7, 11) is 1.83. The number of aryl methyl sites for hydroxylation is 1. The third-order valence-electron chi connectivity index (χ3n) is 1.55. The number of nitrogens with zero attached hydrogens (tertiary/aromatic N) is 3. The van der Waals surface area contributed by atoms with Crippen LogP contribution in [0.4, 0.5) is 0 Å². The van der Waals surface area contributed by atoms with Crippen molar-refractivity contribution in [3.8, 4) is 10.9 Å². The van der Waals surface area contributed by atoms with Crippen molar-refractivity contribution >= 4 is 22.9 Å². The van der Waals surface area contributed by atoms with Gasteiger partial charge in [-0.25, -0.2) is 4.98 Å². The Morgan fingerprint density at radius 3 is 3.07 bits per heavy atom. The van der Waals surface area contributed by atoms with Crippen LogP contribution in [0.25, 0.3) is 0 Å². The van der Waals surface area contributed by atoms with Crippen molar-refractivity contribution in [2.24, 2.45) is 7.05 Å². The first-order valence-electron chi connectivity index (χ1n) is 3.95. The van der Waals surface area contributed by atoms with Crippen molar-refractivity contribution in [1.29, 1.82) is 0 Å². The highest BCUT2D eigenvalue weighted by Gasteiger charge is 2.04. The van der Waals surface area contributed by atoms with Crippen LogP contribution in [0.3, 0.4) is 0 Å². The molecule has 0 spiro atoms. The number of rotatable bonds is 3. The number of hydrogen-bond donors (Lipinski definition) is 0. The van der Waals surface area contributed by atoms with Crippen LogP contribution >= 0.6 is 22.9 Å². The minimum Gasteiger partial charge on any atom is -0.428 e. The molecular weight excluding hydrogens is 222 g/mol. The van der Waals surface area contributed by atoms with E-state index in [0.29, 0.717) is 16.8 Å². The van der Waals surface area contributed by atoms with Crippen molar-refractivity contribution in [1.82, 2.24) is 14.8 Å². The molecule has 0 atom stereocenters. The van der Waals surface area contributed by atoms with Crippen LogP contribution in [0.2, 0.25) is 0 Å². The quantitative estimate of drug-likeness (QED) is 0.759. The average molecular weight is 230 g/mol. The van der Waals surface area contributed by atoms with Crippen LogP contribution in [-0.2, 0) is 12.9 Å². The van der Waals surface area contributed by atoms with Gasteiger partial charge in [0.05, 0.1) is 24.0 Å². The van der Waals surface area contributed by atoms with Crippen LogP contribution in [0.15, 0.2) is 17.8 Å². The Morgan fingerprint density at radius 2 is 2.50 bits per heavy atom. The molecule has 14 heavy (non-hydrogen) atoms. The largest absolute Gasteiger partial charge is 0.428 e. The maximum atomic E-state index is 5.62. The molecule has 0 aliphatic carbocycles. The molecule has 0 unspecified atom stereocenters. The summed E-state index contributed by atoms with van der Waals surface area (Å²) in [5.41, 5.74) is 0.829. The molecule has 74 valence electrons. The number of ether oxygens (including phenoxy) is 1. The predicted molar refractivity (Wildman–Crippen MR) is 55.0 cm³/mol. The molecule has 2 rings (SSSR count). The number of hydrogen-bond acceptors (Lipinski definition) is 4.